The molecule has 1 aliphatic rings. The van der Waals surface area contributed by atoms with E-state index in [1.807, 2.05) is 45.0 Å². The van der Waals surface area contributed by atoms with E-state index in [2.05, 4.69) is 10.7 Å². The van der Waals surface area contributed by atoms with Gasteiger partial charge >= 0.3 is 6.09 Å². The summed E-state index contributed by atoms with van der Waals surface area (Å²) in [5.41, 5.74) is 1.64. The summed E-state index contributed by atoms with van der Waals surface area (Å²) in [7, 11) is 1.67. The highest BCUT2D eigenvalue weighted by Crippen LogP contribution is 2.32. The fourth-order valence-electron chi connectivity index (χ4n) is 3.82. The van der Waals surface area contributed by atoms with Crippen LogP contribution in [-0.2, 0) is 0 Å². The average molecular weight is 418 g/mol. The Bertz CT molecular complexity index is 823. The summed E-state index contributed by atoms with van der Waals surface area (Å²) in [5, 5.41) is 16.1. The number of nitrogens with zero attached hydrogens (tertiary/aromatic N) is 2. The maximum atomic E-state index is 11.6. The molecule has 2 N–H and O–H groups in total. The molecule has 1 aliphatic carbocycles. The number of carbonyl (C=O) groups is 1. The van der Waals surface area contributed by atoms with Gasteiger partial charge in [-0.1, -0.05) is 12.1 Å². The van der Waals surface area contributed by atoms with Crippen molar-refractivity contribution in [2.75, 3.05) is 19.0 Å². The first-order valence-electron chi connectivity index (χ1n) is 10.1. The highest BCUT2D eigenvalue weighted by molar-refractivity contribution is 7.14. The number of nitrogens with one attached hydrogen (secondary N) is 1. The largest absolute Gasteiger partial charge is 0.497 e. The van der Waals surface area contributed by atoms with Crippen LogP contribution in [0.3, 0.4) is 0 Å². The molecule has 7 heteroatoms. The zero-order valence-corrected chi connectivity index (χ0v) is 18.5. The van der Waals surface area contributed by atoms with Crippen LogP contribution in [0.25, 0.3) is 11.3 Å². The molecule has 0 spiro atoms. The lowest BCUT2D eigenvalue weighted by Gasteiger charge is -2.38. The number of ether oxygens (including phenoxy) is 1. The molecule has 0 saturated heterocycles. The van der Waals surface area contributed by atoms with Gasteiger partial charge < -0.3 is 20.1 Å². The van der Waals surface area contributed by atoms with Gasteiger partial charge in [0.15, 0.2) is 5.13 Å². The van der Waals surface area contributed by atoms with Gasteiger partial charge in [0.1, 0.15) is 5.75 Å². The number of benzene rings is 1. The number of thiazole rings is 1. The van der Waals surface area contributed by atoms with Gasteiger partial charge in [-0.2, -0.15) is 0 Å². The van der Waals surface area contributed by atoms with Crippen LogP contribution in [0.1, 0.15) is 46.5 Å². The van der Waals surface area contributed by atoms with Crippen molar-refractivity contribution < 1.29 is 14.6 Å². The lowest BCUT2D eigenvalue weighted by atomic mass is 9.85. The summed E-state index contributed by atoms with van der Waals surface area (Å²) >= 11 is 1.62. The van der Waals surface area contributed by atoms with E-state index in [4.69, 9.17) is 9.72 Å². The number of methoxy groups -OCH3 is 1. The van der Waals surface area contributed by atoms with Gasteiger partial charge in [0.05, 0.1) is 12.8 Å². The lowest BCUT2D eigenvalue weighted by Crippen LogP contribution is -2.48. The summed E-state index contributed by atoms with van der Waals surface area (Å²) < 4.78 is 5.30. The second-order valence-electron chi connectivity index (χ2n) is 8.70. The predicted octanol–water partition coefficient (Wildman–Crippen LogP) is 5.57. The number of aromatic nitrogens is 1. The Kier molecular flexibility index (Phi) is 6.67. The van der Waals surface area contributed by atoms with Crippen molar-refractivity contribution in [1.29, 1.82) is 0 Å². The maximum Gasteiger partial charge on any atom is 0.407 e. The summed E-state index contributed by atoms with van der Waals surface area (Å²) in [5.74, 6) is 1.25. The third kappa shape index (κ3) is 5.63. The quantitative estimate of drug-likeness (QED) is 0.643. The summed E-state index contributed by atoms with van der Waals surface area (Å²) in [6.45, 7) is 6.48. The fraction of sp³-hybridized carbons (Fsp3) is 0.545. The monoisotopic (exact) mass is 417 g/mol. The number of rotatable bonds is 6. The molecule has 29 heavy (non-hydrogen) atoms. The molecule has 0 atom stereocenters. The second-order valence-corrected chi connectivity index (χ2v) is 9.55. The topological polar surface area (TPSA) is 74.7 Å². The minimum atomic E-state index is -0.828. The van der Waals surface area contributed by atoms with Crippen LogP contribution >= 0.6 is 11.3 Å². The number of hydrogen-bond acceptors (Lipinski definition) is 5. The third-order valence-corrected chi connectivity index (χ3v) is 6.30. The maximum absolute atomic E-state index is 11.6. The van der Waals surface area contributed by atoms with E-state index >= 15 is 0 Å². The Hall–Kier alpha value is -2.28. The molecule has 3 rings (SSSR count). The van der Waals surface area contributed by atoms with Gasteiger partial charge in [0.25, 0.3) is 0 Å². The zero-order valence-electron chi connectivity index (χ0n) is 17.6. The van der Waals surface area contributed by atoms with E-state index in [0.717, 1.165) is 47.8 Å². The van der Waals surface area contributed by atoms with Crippen LogP contribution in [0.15, 0.2) is 29.6 Å². The van der Waals surface area contributed by atoms with Crippen LogP contribution in [0, 0.1) is 5.92 Å². The first-order valence-corrected chi connectivity index (χ1v) is 11.0. The highest BCUT2D eigenvalue weighted by Gasteiger charge is 2.30. The van der Waals surface area contributed by atoms with Crippen molar-refractivity contribution >= 4 is 22.6 Å². The molecular formula is C22H31N3O3S. The summed E-state index contributed by atoms with van der Waals surface area (Å²) in [6, 6.07) is 8.32. The molecule has 1 aromatic heterocycles. The molecule has 0 unspecified atom stereocenters. The third-order valence-electron chi connectivity index (χ3n) is 5.53. The zero-order chi connectivity index (χ0) is 21.0. The standard InChI is InChI=1S/C22H31N3O3S/c1-22(2,3)25(21(26)27)13-15-8-10-17(11-9-15)23-20-24-19(14-29-20)16-6-5-7-18(12-16)28-4/h5-7,12,14-15,17H,8-11,13H2,1-4H3,(H,23,24)(H,26,27). The molecule has 0 radical (unpaired) electrons. The molecule has 1 fully saturated rings. The van der Waals surface area contributed by atoms with E-state index < -0.39 is 6.09 Å². The number of anilines is 1. The molecule has 158 valence electrons. The van der Waals surface area contributed by atoms with Crippen molar-refractivity contribution in [3.8, 4) is 17.0 Å². The van der Waals surface area contributed by atoms with Gasteiger partial charge in [-0.15, -0.1) is 11.3 Å². The van der Waals surface area contributed by atoms with Crippen LogP contribution in [-0.4, -0.2) is 46.3 Å². The van der Waals surface area contributed by atoms with Gasteiger partial charge in [-0.25, -0.2) is 9.78 Å². The van der Waals surface area contributed by atoms with Crippen molar-refractivity contribution in [2.24, 2.45) is 5.92 Å². The van der Waals surface area contributed by atoms with Gasteiger partial charge in [-0.05, 0) is 64.5 Å². The van der Waals surface area contributed by atoms with E-state index in [1.165, 1.54) is 0 Å². The van der Waals surface area contributed by atoms with Gasteiger partial charge in [0, 0.05) is 29.1 Å². The van der Waals surface area contributed by atoms with Crippen molar-refractivity contribution in [1.82, 2.24) is 9.88 Å². The molecular weight excluding hydrogens is 386 g/mol. The van der Waals surface area contributed by atoms with Gasteiger partial charge in [-0.3, -0.25) is 0 Å². The summed E-state index contributed by atoms with van der Waals surface area (Å²) in [4.78, 5) is 17.9. The summed E-state index contributed by atoms with van der Waals surface area (Å²) in [6.07, 6.45) is 3.31. The average Bonchev–Trinajstić information content (AvgIpc) is 3.14. The van der Waals surface area contributed by atoms with Crippen LogP contribution in [0.2, 0.25) is 0 Å². The van der Waals surface area contributed by atoms with Gasteiger partial charge in [0.2, 0.25) is 0 Å². The molecule has 1 aromatic carbocycles. The number of hydrogen-bond donors (Lipinski definition) is 2. The molecule has 0 bridgehead atoms. The Morgan fingerprint density at radius 2 is 2.03 bits per heavy atom. The SMILES string of the molecule is COc1cccc(-c2csc(NC3CCC(CN(C(=O)O)C(C)(C)C)CC3)n2)c1. The predicted molar refractivity (Wildman–Crippen MR) is 118 cm³/mol. The fourth-order valence-corrected chi connectivity index (χ4v) is 4.61. The molecule has 2 aromatic rings. The number of carboxylic acid groups (broad SMARTS) is 1. The second kappa shape index (κ2) is 9.03. The molecule has 1 amide bonds. The lowest BCUT2D eigenvalue weighted by molar-refractivity contribution is 0.0826. The van der Waals surface area contributed by atoms with Crippen LogP contribution in [0.4, 0.5) is 9.93 Å². The first kappa shape index (κ1) is 21.4. The Morgan fingerprint density at radius 3 is 2.66 bits per heavy atom. The van der Waals surface area contributed by atoms with E-state index in [0.29, 0.717) is 18.5 Å². The van der Waals surface area contributed by atoms with Crippen LogP contribution < -0.4 is 10.1 Å². The van der Waals surface area contributed by atoms with Crippen LogP contribution in [0.5, 0.6) is 5.75 Å². The number of amides is 1. The highest BCUT2D eigenvalue weighted by atomic mass is 32.1. The molecule has 1 heterocycles. The van der Waals surface area contributed by atoms with E-state index in [9.17, 15) is 9.90 Å². The Balaban J connectivity index is 1.53. The van der Waals surface area contributed by atoms with Crippen molar-refractivity contribution in [3.05, 3.63) is 29.6 Å². The van der Waals surface area contributed by atoms with E-state index in [1.54, 1.807) is 23.3 Å². The Morgan fingerprint density at radius 1 is 1.31 bits per heavy atom. The minimum absolute atomic E-state index is 0.363. The molecule has 6 nitrogen and oxygen atoms in total. The Labute approximate surface area is 176 Å². The van der Waals surface area contributed by atoms with E-state index in [-0.39, 0.29) is 5.54 Å². The van der Waals surface area contributed by atoms with Crippen molar-refractivity contribution in [3.63, 3.8) is 0 Å². The normalized spacial score (nSPS) is 19.6. The minimum Gasteiger partial charge on any atom is -0.497 e. The molecule has 0 aliphatic heterocycles. The van der Waals surface area contributed by atoms with Crippen molar-refractivity contribution in [2.45, 2.75) is 58.0 Å². The molecule has 1 saturated carbocycles. The first-order chi connectivity index (χ1) is 13.8. The smallest absolute Gasteiger partial charge is 0.407 e.